The molecule has 1 rings (SSSR count). The average Bonchev–Trinajstić information content (AvgIpc) is 2.19. The maximum absolute atomic E-state index is 8.81. The molecule has 0 heterocycles. The Labute approximate surface area is 82.5 Å². The molecule has 0 unspecified atom stereocenters. The number of ether oxygens (including phenoxy) is 2. The van der Waals surface area contributed by atoms with Crippen LogP contribution in [0.15, 0.2) is 36.8 Å². The number of benzene rings is 1. The van der Waals surface area contributed by atoms with E-state index in [0.29, 0.717) is 11.2 Å². The van der Waals surface area contributed by atoms with E-state index < -0.39 is 7.12 Å². The third-order valence-corrected chi connectivity index (χ3v) is 1.57. The summed E-state index contributed by atoms with van der Waals surface area (Å²) >= 11 is 0. The predicted octanol–water partition coefficient (Wildman–Crippen LogP) is -0.137. The molecule has 0 radical (unpaired) electrons. The highest BCUT2D eigenvalue weighted by Crippen LogP contribution is 2.07. The Kier molecular flexibility index (Phi) is 4.03. The van der Waals surface area contributed by atoms with Crippen molar-refractivity contribution in [3.8, 4) is 5.75 Å². The molecule has 0 aliphatic rings. The molecule has 0 fully saturated rings. The van der Waals surface area contributed by atoms with E-state index in [1.54, 1.807) is 24.3 Å². The van der Waals surface area contributed by atoms with Gasteiger partial charge in [0, 0.05) is 0 Å². The number of methoxy groups -OCH3 is 1. The average molecular weight is 194 g/mol. The fraction of sp³-hybridized carbons (Fsp3) is 0.111. The number of rotatable bonds is 4. The molecule has 1 aromatic rings. The monoisotopic (exact) mass is 194 g/mol. The van der Waals surface area contributed by atoms with E-state index in [0.717, 1.165) is 0 Å². The highest BCUT2D eigenvalue weighted by Gasteiger charge is 2.09. The van der Waals surface area contributed by atoms with Crippen molar-refractivity contribution in [2.75, 3.05) is 7.11 Å². The third kappa shape index (κ3) is 3.12. The maximum Gasteiger partial charge on any atom is 0.488 e. The number of hydrogen-bond acceptors (Lipinski definition) is 4. The molecule has 4 nitrogen and oxygen atoms in total. The molecule has 0 aliphatic carbocycles. The molecular formula is C9H11BO4. The second-order valence-electron chi connectivity index (χ2n) is 2.57. The van der Waals surface area contributed by atoms with Crippen molar-refractivity contribution >= 4 is 12.6 Å². The van der Waals surface area contributed by atoms with Crippen LogP contribution in [0.1, 0.15) is 0 Å². The van der Waals surface area contributed by atoms with E-state index in [2.05, 4.69) is 4.74 Å². The van der Waals surface area contributed by atoms with Gasteiger partial charge in [0.05, 0.1) is 7.11 Å². The first-order chi connectivity index (χ1) is 6.74. The van der Waals surface area contributed by atoms with E-state index in [1.165, 1.54) is 19.6 Å². The molecule has 2 N–H and O–H groups in total. The Bertz CT molecular complexity index is 294. The summed E-state index contributed by atoms with van der Waals surface area (Å²) in [5, 5.41) is 17.6. The van der Waals surface area contributed by atoms with Crippen LogP contribution in [-0.4, -0.2) is 24.3 Å². The van der Waals surface area contributed by atoms with Crippen LogP contribution in [0.4, 0.5) is 0 Å². The van der Waals surface area contributed by atoms with Crippen molar-refractivity contribution in [1.82, 2.24) is 0 Å². The minimum atomic E-state index is -1.45. The second kappa shape index (κ2) is 5.31. The van der Waals surface area contributed by atoms with Gasteiger partial charge in [-0.05, 0) is 17.6 Å². The highest BCUT2D eigenvalue weighted by molar-refractivity contribution is 6.58. The summed E-state index contributed by atoms with van der Waals surface area (Å²) < 4.78 is 9.75. The lowest BCUT2D eigenvalue weighted by Gasteiger charge is -2.01. The Balaban J connectivity index is 2.59. The molecule has 74 valence electrons. The molecule has 0 aromatic heterocycles. The van der Waals surface area contributed by atoms with Crippen molar-refractivity contribution in [3.63, 3.8) is 0 Å². The van der Waals surface area contributed by atoms with Gasteiger partial charge in [0.2, 0.25) is 0 Å². The normalized spacial score (nSPS) is 10.2. The van der Waals surface area contributed by atoms with E-state index in [-0.39, 0.29) is 0 Å². The Morgan fingerprint density at radius 3 is 2.29 bits per heavy atom. The summed E-state index contributed by atoms with van der Waals surface area (Å²) in [5.74, 6) is 0.600. The summed E-state index contributed by atoms with van der Waals surface area (Å²) in [6.07, 6.45) is 2.79. The first-order valence-corrected chi connectivity index (χ1v) is 4.04. The van der Waals surface area contributed by atoms with Crippen molar-refractivity contribution in [2.24, 2.45) is 0 Å². The van der Waals surface area contributed by atoms with Gasteiger partial charge in [-0.1, -0.05) is 12.1 Å². The first kappa shape index (κ1) is 10.6. The Morgan fingerprint density at radius 1 is 1.14 bits per heavy atom. The summed E-state index contributed by atoms with van der Waals surface area (Å²) in [5.41, 5.74) is 0.424. The minimum Gasteiger partial charge on any atom is -0.501 e. The van der Waals surface area contributed by atoms with Gasteiger partial charge >= 0.3 is 7.12 Å². The zero-order valence-electron chi connectivity index (χ0n) is 7.75. The molecule has 0 amide bonds. The van der Waals surface area contributed by atoms with Crippen molar-refractivity contribution < 1.29 is 19.5 Å². The van der Waals surface area contributed by atoms with E-state index >= 15 is 0 Å². The van der Waals surface area contributed by atoms with Crippen LogP contribution in [0.5, 0.6) is 5.75 Å². The lowest BCUT2D eigenvalue weighted by molar-refractivity contribution is 0.319. The van der Waals surface area contributed by atoms with Crippen molar-refractivity contribution in [2.45, 2.75) is 0 Å². The molecule has 0 atom stereocenters. The third-order valence-electron chi connectivity index (χ3n) is 1.57. The topological polar surface area (TPSA) is 58.9 Å². The van der Waals surface area contributed by atoms with Gasteiger partial charge in [0.15, 0.2) is 0 Å². The summed E-state index contributed by atoms with van der Waals surface area (Å²) in [6.45, 7) is 0. The van der Waals surface area contributed by atoms with Crippen LogP contribution in [0, 0.1) is 0 Å². The molecule has 0 saturated heterocycles. The fourth-order valence-electron chi connectivity index (χ4n) is 0.880. The van der Waals surface area contributed by atoms with Gasteiger partial charge in [0.25, 0.3) is 0 Å². The molecule has 14 heavy (non-hydrogen) atoms. The van der Waals surface area contributed by atoms with Crippen LogP contribution in [0.25, 0.3) is 0 Å². The van der Waals surface area contributed by atoms with Gasteiger partial charge in [-0.3, -0.25) is 0 Å². The largest absolute Gasteiger partial charge is 0.501 e. The van der Waals surface area contributed by atoms with Crippen LogP contribution < -0.4 is 10.2 Å². The lowest BCUT2D eigenvalue weighted by atomic mass is 9.80. The minimum absolute atomic E-state index is 0.424. The smallest absolute Gasteiger partial charge is 0.488 e. The SMILES string of the molecule is CO/C=C/Oc1ccc(B(O)O)cc1. The maximum atomic E-state index is 8.81. The van der Waals surface area contributed by atoms with Crippen LogP contribution in [-0.2, 0) is 4.74 Å². The summed E-state index contributed by atoms with van der Waals surface area (Å²) in [7, 11) is 0.0732. The second-order valence-corrected chi connectivity index (χ2v) is 2.57. The Hall–Kier alpha value is -1.46. The quantitative estimate of drug-likeness (QED) is 0.517. The van der Waals surface area contributed by atoms with Crippen molar-refractivity contribution in [1.29, 1.82) is 0 Å². The van der Waals surface area contributed by atoms with E-state index in [1.807, 2.05) is 0 Å². The highest BCUT2D eigenvalue weighted by atomic mass is 16.5. The lowest BCUT2D eigenvalue weighted by Crippen LogP contribution is -2.29. The van der Waals surface area contributed by atoms with E-state index in [9.17, 15) is 0 Å². The number of hydrogen-bond donors (Lipinski definition) is 2. The van der Waals surface area contributed by atoms with Crippen molar-refractivity contribution in [3.05, 3.63) is 36.8 Å². The van der Waals surface area contributed by atoms with Gasteiger partial charge in [-0.2, -0.15) is 0 Å². The molecule has 0 bridgehead atoms. The summed E-state index contributed by atoms with van der Waals surface area (Å²) in [4.78, 5) is 0. The standard InChI is InChI=1S/C9H11BO4/c1-13-6-7-14-9-4-2-8(3-5-9)10(11)12/h2-7,11-12H,1H3/b7-6+. The van der Waals surface area contributed by atoms with Gasteiger partial charge in [-0.25, -0.2) is 0 Å². The predicted molar refractivity (Wildman–Crippen MR) is 53.0 cm³/mol. The fourth-order valence-corrected chi connectivity index (χ4v) is 0.880. The molecule has 0 saturated carbocycles. The zero-order valence-corrected chi connectivity index (χ0v) is 7.75. The van der Waals surface area contributed by atoms with Gasteiger partial charge < -0.3 is 19.5 Å². The molecule has 1 aromatic carbocycles. The molecule has 0 aliphatic heterocycles. The Morgan fingerprint density at radius 2 is 1.79 bits per heavy atom. The van der Waals surface area contributed by atoms with Crippen LogP contribution in [0.3, 0.4) is 0 Å². The zero-order chi connectivity index (χ0) is 10.4. The van der Waals surface area contributed by atoms with Gasteiger partial charge in [0.1, 0.15) is 18.3 Å². The first-order valence-electron chi connectivity index (χ1n) is 4.04. The van der Waals surface area contributed by atoms with E-state index in [4.69, 9.17) is 14.8 Å². The molecule has 0 spiro atoms. The summed E-state index contributed by atoms with van der Waals surface area (Å²) in [6, 6.07) is 6.41. The van der Waals surface area contributed by atoms with Crippen LogP contribution in [0.2, 0.25) is 0 Å². The van der Waals surface area contributed by atoms with Crippen LogP contribution >= 0.6 is 0 Å². The molecule has 5 heteroatoms. The molecular weight excluding hydrogens is 183 g/mol. The van der Waals surface area contributed by atoms with Gasteiger partial charge in [-0.15, -0.1) is 0 Å².